The SMILES string of the molecule is Cc1ccc(C)c(N2CCN(C(=O)c3cn[nH]c3-c3cccc(Br)c3)CC2)c1. The van der Waals surface area contributed by atoms with Gasteiger partial charge < -0.3 is 9.80 Å². The molecule has 0 bridgehead atoms. The second-order valence-electron chi connectivity index (χ2n) is 7.24. The lowest BCUT2D eigenvalue weighted by molar-refractivity contribution is 0.0747. The number of carbonyl (C=O) groups excluding carboxylic acids is 1. The normalized spacial score (nSPS) is 14.4. The van der Waals surface area contributed by atoms with E-state index in [9.17, 15) is 4.79 Å². The highest BCUT2D eigenvalue weighted by Crippen LogP contribution is 2.27. The number of piperazine rings is 1. The van der Waals surface area contributed by atoms with Crippen molar-refractivity contribution in [1.82, 2.24) is 15.1 Å². The molecule has 0 aliphatic carbocycles. The molecule has 1 fully saturated rings. The van der Waals surface area contributed by atoms with Crippen LogP contribution in [0, 0.1) is 13.8 Å². The molecule has 1 N–H and O–H groups in total. The van der Waals surface area contributed by atoms with E-state index in [1.165, 1.54) is 16.8 Å². The van der Waals surface area contributed by atoms with Crippen LogP contribution in [0.1, 0.15) is 21.5 Å². The first kappa shape index (κ1) is 18.7. The van der Waals surface area contributed by atoms with Crippen LogP contribution in [-0.2, 0) is 0 Å². The van der Waals surface area contributed by atoms with Crippen molar-refractivity contribution in [3.05, 3.63) is 69.8 Å². The van der Waals surface area contributed by atoms with Gasteiger partial charge in [0.2, 0.25) is 0 Å². The molecule has 1 aliphatic rings. The molecule has 2 heterocycles. The lowest BCUT2D eigenvalue weighted by Gasteiger charge is -2.37. The Morgan fingerprint density at radius 2 is 1.86 bits per heavy atom. The number of H-pyrrole nitrogens is 1. The number of carbonyl (C=O) groups is 1. The highest BCUT2D eigenvalue weighted by molar-refractivity contribution is 9.10. The van der Waals surface area contributed by atoms with E-state index in [-0.39, 0.29) is 5.91 Å². The Labute approximate surface area is 173 Å². The van der Waals surface area contributed by atoms with Crippen LogP contribution in [0.5, 0.6) is 0 Å². The summed E-state index contributed by atoms with van der Waals surface area (Å²) in [7, 11) is 0. The lowest BCUT2D eigenvalue weighted by Crippen LogP contribution is -2.49. The first-order valence-corrected chi connectivity index (χ1v) is 10.2. The van der Waals surface area contributed by atoms with Crippen molar-refractivity contribution in [3.63, 3.8) is 0 Å². The van der Waals surface area contributed by atoms with Gasteiger partial charge in [0, 0.05) is 41.9 Å². The molecule has 3 aromatic rings. The molecular weight excluding hydrogens is 416 g/mol. The molecule has 1 saturated heterocycles. The molecule has 6 heteroatoms. The van der Waals surface area contributed by atoms with E-state index in [0.717, 1.165) is 28.8 Å². The van der Waals surface area contributed by atoms with Crippen LogP contribution in [0.4, 0.5) is 5.69 Å². The standard InChI is InChI=1S/C22H23BrN4O/c1-15-6-7-16(2)20(12-15)26-8-10-27(11-9-26)22(28)19-14-24-25-21(19)17-4-3-5-18(23)13-17/h3-7,12-14H,8-11H2,1-2H3,(H,24,25). The van der Waals surface area contributed by atoms with Gasteiger partial charge in [-0.2, -0.15) is 5.10 Å². The Morgan fingerprint density at radius 1 is 1.07 bits per heavy atom. The summed E-state index contributed by atoms with van der Waals surface area (Å²) < 4.78 is 0.972. The van der Waals surface area contributed by atoms with E-state index in [0.29, 0.717) is 18.7 Å². The minimum Gasteiger partial charge on any atom is -0.368 e. The van der Waals surface area contributed by atoms with Gasteiger partial charge in [-0.25, -0.2) is 0 Å². The van der Waals surface area contributed by atoms with Crippen molar-refractivity contribution in [2.75, 3.05) is 31.1 Å². The highest BCUT2D eigenvalue weighted by Gasteiger charge is 2.26. The lowest BCUT2D eigenvalue weighted by atomic mass is 10.1. The molecule has 1 aromatic heterocycles. The van der Waals surface area contributed by atoms with E-state index in [2.05, 4.69) is 63.1 Å². The number of aromatic nitrogens is 2. The van der Waals surface area contributed by atoms with Crippen LogP contribution >= 0.6 is 15.9 Å². The number of aromatic amines is 1. The summed E-state index contributed by atoms with van der Waals surface area (Å²) in [6.07, 6.45) is 1.63. The molecule has 0 spiro atoms. The molecule has 144 valence electrons. The summed E-state index contributed by atoms with van der Waals surface area (Å²) in [5, 5.41) is 7.12. The second-order valence-corrected chi connectivity index (χ2v) is 8.15. The van der Waals surface area contributed by atoms with Crippen molar-refractivity contribution in [3.8, 4) is 11.3 Å². The first-order chi connectivity index (χ1) is 13.5. The number of halogens is 1. The Balaban J connectivity index is 1.50. The Kier molecular flexibility index (Phi) is 5.22. The van der Waals surface area contributed by atoms with E-state index in [4.69, 9.17) is 0 Å². The minimum atomic E-state index is 0.0318. The highest BCUT2D eigenvalue weighted by atomic mass is 79.9. The van der Waals surface area contributed by atoms with Gasteiger partial charge in [-0.1, -0.05) is 40.2 Å². The van der Waals surface area contributed by atoms with Crippen LogP contribution in [0.25, 0.3) is 11.3 Å². The van der Waals surface area contributed by atoms with Crippen LogP contribution in [0.15, 0.2) is 53.1 Å². The average Bonchev–Trinajstić information content (AvgIpc) is 3.19. The van der Waals surface area contributed by atoms with Gasteiger partial charge in [0.25, 0.3) is 5.91 Å². The predicted molar refractivity (Wildman–Crippen MR) is 116 cm³/mol. The number of amides is 1. The number of anilines is 1. The van der Waals surface area contributed by atoms with Gasteiger partial charge in [0.05, 0.1) is 17.5 Å². The largest absolute Gasteiger partial charge is 0.368 e. The first-order valence-electron chi connectivity index (χ1n) is 9.44. The van der Waals surface area contributed by atoms with E-state index < -0.39 is 0 Å². The molecule has 0 atom stereocenters. The maximum atomic E-state index is 13.1. The smallest absolute Gasteiger partial charge is 0.257 e. The molecule has 5 nitrogen and oxygen atoms in total. The fourth-order valence-corrected chi connectivity index (χ4v) is 4.09. The van der Waals surface area contributed by atoms with Crippen molar-refractivity contribution in [1.29, 1.82) is 0 Å². The molecule has 1 amide bonds. The molecule has 4 rings (SSSR count). The molecular formula is C22H23BrN4O. The zero-order valence-electron chi connectivity index (χ0n) is 16.1. The number of hydrogen-bond donors (Lipinski definition) is 1. The monoisotopic (exact) mass is 438 g/mol. The Hall–Kier alpha value is -2.60. The number of rotatable bonds is 3. The van der Waals surface area contributed by atoms with Crippen molar-refractivity contribution in [2.24, 2.45) is 0 Å². The van der Waals surface area contributed by atoms with Gasteiger partial charge in [-0.3, -0.25) is 9.89 Å². The summed E-state index contributed by atoms with van der Waals surface area (Å²) >= 11 is 3.49. The zero-order chi connectivity index (χ0) is 19.7. The van der Waals surface area contributed by atoms with Crippen LogP contribution in [-0.4, -0.2) is 47.2 Å². The molecule has 0 unspecified atom stereocenters. The molecule has 28 heavy (non-hydrogen) atoms. The number of hydrogen-bond acceptors (Lipinski definition) is 3. The minimum absolute atomic E-state index is 0.0318. The van der Waals surface area contributed by atoms with Crippen molar-refractivity contribution < 1.29 is 4.79 Å². The van der Waals surface area contributed by atoms with Crippen molar-refractivity contribution >= 4 is 27.5 Å². The number of nitrogens with zero attached hydrogens (tertiary/aromatic N) is 3. The van der Waals surface area contributed by atoms with E-state index in [1.54, 1.807) is 6.20 Å². The summed E-state index contributed by atoms with van der Waals surface area (Å²) in [6, 6.07) is 14.4. The maximum absolute atomic E-state index is 13.1. The van der Waals surface area contributed by atoms with Crippen LogP contribution in [0.3, 0.4) is 0 Å². The summed E-state index contributed by atoms with van der Waals surface area (Å²) in [5.74, 6) is 0.0318. The van der Waals surface area contributed by atoms with Crippen LogP contribution < -0.4 is 4.90 Å². The van der Waals surface area contributed by atoms with Crippen molar-refractivity contribution in [2.45, 2.75) is 13.8 Å². The third-order valence-corrected chi connectivity index (χ3v) is 5.75. The van der Waals surface area contributed by atoms with Gasteiger partial charge in [0.15, 0.2) is 0 Å². The zero-order valence-corrected chi connectivity index (χ0v) is 17.7. The fourth-order valence-electron chi connectivity index (χ4n) is 3.69. The summed E-state index contributed by atoms with van der Waals surface area (Å²) in [5.41, 5.74) is 6.14. The maximum Gasteiger partial charge on any atom is 0.257 e. The number of aryl methyl sites for hydroxylation is 2. The van der Waals surface area contributed by atoms with E-state index >= 15 is 0 Å². The molecule has 2 aromatic carbocycles. The van der Waals surface area contributed by atoms with Gasteiger partial charge in [0.1, 0.15) is 0 Å². The van der Waals surface area contributed by atoms with Gasteiger partial charge >= 0.3 is 0 Å². The second kappa shape index (κ2) is 7.80. The quantitative estimate of drug-likeness (QED) is 0.658. The third kappa shape index (κ3) is 3.69. The van der Waals surface area contributed by atoms with Crippen LogP contribution in [0.2, 0.25) is 0 Å². The molecule has 1 aliphatic heterocycles. The molecule has 0 radical (unpaired) electrons. The summed E-state index contributed by atoms with van der Waals surface area (Å²) in [6.45, 7) is 7.33. The van der Waals surface area contributed by atoms with Gasteiger partial charge in [-0.05, 0) is 43.2 Å². The summed E-state index contributed by atoms with van der Waals surface area (Å²) in [4.78, 5) is 17.4. The Morgan fingerprint density at radius 3 is 2.61 bits per heavy atom. The fraction of sp³-hybridized carbons (Fsp3) is 0.273. The topological polar surface area (TPSA) is 52.2 Å². The Bertz CT molecular complexity index is 1010. The third-order valence-electron chi connectivity index (χ3n) is 5.26. The van der Waals surface area contributed by atoms with Gasteiger partial charge in [-0.15, -0.1) is 0 Å². The van der Waals surface area contributed by atoms with E-state index in [1.807, 2.05) is 29.2 Å². The number of nitrogens with one attached hydrogen (secondary N) is 1. The number of benzene rings is 2. The average molecular weight is 439 g/mol. The predicted octanol–water partition coefficient (Wildman–Crippen LogP) is 4.42. The molecule has 0 saturated carbocycles.